The predicted molar refractivity (Wildman–Crippen MR) is 179 cm³/mol. The fraction of sp³-hybridized carbons (Fsp3) is 0.789. The Balaban J connectivity index is 1.17. The molecular formula is C38H59NO8. The summed E-state index contributed by atoms with van der Waals surface area (Å²) >= 11 is 0. The molecule has 0 saturated heterocycles. The molecule has 0 spiro atoms. The summed E-state index contributed by atoms with van der Waals surface area (Å²) in [5.41, 5.74) is 0. The van der Waals surface area contributed by atoms with Crippen LogP contribution < -0.4 is 0 Å². The molecule has 0 radical (unpaired) electrons. The standard InChI is InChI=1S/C38H59NO8/c1-5-35(40)44-22-26-9-11-30-18-29(20-33(30)15-26)25-46-37(42)14-13-32(21-39(7-3)8-4)38(43)47-23-27-10-12-31-17-28(19-34(31)16-27)24-45-36(41)6-2/h5-6,26-34H,1-2,7-25H2,3-4H3. The molecule has 0 aliphatic heterocycles. The lowest BCUT2D eigenvalue weighted by atomic mass is 9.76. The third kappa shape index (κ3) is 11.5. The molecule has 0 amide bonds. The highest BCUT2D eigenvalue weighted by molar-refractivity contribution is 5.81. The first-order valence-corrected chi connectivity index (χ1v) is 18.3. The number of hydrogen-bond donors (Lipinski definition) is 0. The zero-order chi connectivity index (χ0) is 33.8. The molecule has 4 aliphatic rings. The van der Waals surface area contributed by atoms with Gasteiger partial charge in [-0.3, -0.25) is 9.59 Å². The second kappa shape index (κ2) is 18.8. The fourth-order valence-electron chi connectivity index (χ4n) is 9.01. The van der Waals surface area contributed by atoms with E-state index >= 15 is 0 Å². The lowest BCUT2D eigenvalue weighted by molar-refractivity contribution is -0.152. The van der Waals surface area contributed by atoms with E-state index in [1.807, 2.05) is 0 Å². The number of esters is 4. The average Bonchev–Trinajstić information content (AvgIpc) is 3.70. The van der Waals surface area contributed by atoms with Crippen molar-refractivity contribution < 1.29 is 38.1 Å². The molecule has 0 bridgehead atoms. The van der Waals surface area contributed by atoms with Gasteiger partial charge in [-0.1, -0.05) is 27.0 Å². The molecule has 264 valence electrons. The number of rotatable bonds is 18. The number of nitrogens with zero attached hydrogens (tertiary/aromatic N) is 1. The van der Waals surface area contributed by atoms with E-state index in [0.29, 0.717) is 86.7 Å². The second-order valence-electron chi connectivity index (χ2n) is 14.8. The van der Waals surface area contributed by atoms with Gasteiger partial charge in [0.05, 0.1) is 32.3 Å². The number of ether oxygens (including phenoxy) is 4. The summed E-state index contributed by atoms with van der Waals surface area (Å²) in [6.07, 6.45) is 13.8. The molecule has 4 fully saturated rings. The quantitative estimate of drug-likeness (QED) is 0.0974. The molecule has 0 aromatic heterocycles. The molecule has 9 heteroatoms. The minimum Gasteiger partial charge on any atom is -0.465 e. The summed E-state index contributed by atoms with van der Waals surface area (Å²) < 4.78 is 22.3. The summed E-state index contributed by atoms with van der Waals surface area (Å²) in [4.78, 5) is 51.4. The number of carbonyl (C=O) groups is 4. The number of carbonyl (C=O) groups excluding carboxylic acids is 4. The maximum Gasteiger partial charge on any atom is 0.330 e. The van der Waals surface area contributed by atoms with E-state index in [0.717, 1.165) is 77.3 Å². The van der Waals surface area contributed by atoms with Crippen LogP contribution in [-0.2, 0) is 38.1 Å². The van der Waals surface area contributed by atoms with Crippen LogP contribution >= 0.6 is 0 Å². The van der Waals surface area contributed by atoms with E-state index in [2.05, 4.69) is 31.9 Å². The van der Waals surface area contributed by atoms with Crippen LogP contribution in [0.1, 0.15) is 90.9 Å². The highest BCUT2D eigenvalue weighted by Gasteiger charge is 2.40. The van der Waals surface area contributed by atoms with Gasteiger partial charge in [0.25, 0.3) is 0 Å². The molecule has 0 heterocycles. The van der Waals surface area contributed by atoms with E-state index in [9.17, 15) is 19.2 Å². The predicted octanol–water partition coefficient (Wildman–Crippen LogP) is 6.15. The van der Waals surface area contributed by atoms with Crippen LogP contribution in [0, 0.1) is 53.3 Å². The van der Waals surface area contributed by atoms with Gasteiger partial charge in [0.1, 0.15) is 0 Å². The smallest absolute Gasteiger partial charge is 0.330 e. The first-order chi connectivity index (χ1) is 22.7. The SMILES string of the molecule is C=CC(=O)OCC1CCC2CC(COC(=O)CCC(CN(CC)CC)C(=O)OCC3CCC4CC(COC(=O)C=C)CC4C3)CC2C1. The number of hydrogen-bond acceptors (Lipinski definition) is 9. The average molecular weight is 658 g/mol. The molecule has 4 aliphatic carbocycles. The first-order valence-electron chi connectivity index (χ1n) is 18.3. The van der Waals surface area contributed by atoms with Gasteiger partial charge in [-0.25, -0.2) is 9.59 Å². The Kier molecular flexibility index (Phi) is 14.8. The van der Waals surface area contributed by atoms with Gasteiger partial charge < -0.3 is 23.8 Å². The van der Waals surface area contributed by atoms with E-state index in [4.69, 9.17) is 18.9 Å². The van der Waals surface area contributed by atoms with Crippen molar-refractivity contribution in [3.63, 3.8) is 0 Å². The monoisotopic (exact) mass is 657 g/mol. The largest absolute Gasteiger partial charge is 0.465 e. The highest BCUT2D eigenvalue weighted by Crippen LogP contribution is 2.48. The molecule has 9 unspecified atom stereocenters. The molecule has 0 aromatic carbocycles. The third-order valence-corrected chi connectivity index (χ3v) is 11.6. The Bertz CT molecular complexity index is 1070. The topological polar surface area (TPSA) is 108 Å². The van der Waals surface area contributed by atoms with Gasteiger partial charge in [0, 0.05) is 25.1 Å². The maximum absolute atomic E-state index is 13.4. The van der Waals surface area contributed by atoms with Crippen molar-refractivity contribution in [2.24, 2.45) is 53.3 Å². The highest BCUT2D eigenvalue weighted by atomic mass is 16.5. The second-order valence-corrected chi connectivity index (χ2v) is 14.8. The summed E-state index contributed by atoms with van der Waals surface area (Å²) in [6, 6.07) is 0. The van der Waals surface area contributed by atoms with Gasteiger partial charge in [-0.2, -0.15) is 0 Å². The fourth-order valence-corrected chi connectivity index (χ4v) is 9.01. The van der Waals surface area contributed by atoms with Crippen molar-refractivity contribution >= 4 is 23.9 Å². The third-order valence-electron chi connectivity index (χ3n) is 11.6. The molecule has 47 heavy (non-hydrogen) atoms. The van der Waals surface area contributed by atoms with E-state index in [1.54, 1.807) is 0 Å². The van der Waals surface area contributed by atoms with Crippen LogP contribution in [-0.4, -0.2) is 74.8 Å². The Morgan fingerprint density at radius 2 is 1.09 bits per heavy atom. The van der Waals surface area contributed by atoms with Crippen LogP contribution in [0.4, 0.5) is 0 Å². The molecule has 4 rings (SSSR count). The molecule has 0 N–H and O–H groups in total. The van der Waals surface area contributed by atoms with E-state index in [-0.39, 0.29) is 36.2 Å². The van der Waals surface area contributed by atoms with Crippen LogP contribution in [0.5, 0.6) is 0 Å². The molecule has 4 saturated carbocycles. The van der Waals surface area contributed by atoms with E-state index < -0.39 is 0 Å². The van der Waals surface area contributed by atoms with Crippen molar-refractivity contribution in [1.29, 1.82) is 0 Å². The first kappa shape index (κ1) is 37.1. The van der Waals surface area contributed by atoms with Gasteiger partial charge in [0.15, 0.2) is 0 Å². The van der Waals surface area contributed by atoms with Crippen molar-refractivity contribution in [2.45, 2.75) is 90.9 Å². The van der Waals surface area contributed by atoms with Crippen LogP contribution in [0.15, 0.2) is 25.3 Å². The molecule has 9 atom stereocenters. The lowest BCUT2D eigenvalue weighted by Gasteiger charge is -2.32. The molecule has 9 nitrogen and oxygen atoms in total. The maximum atomic E-state index is 13.4. The zero-order valence-electron chi connectivity index (χ0n) is 28.9. The van der Waals surface area contributed by atoms with Crippen LogP contribution in [0.25, 0.3) is 0 Å². The Morgan fingerprint density at radius 1 is 0.638 bits per heavy atom. The minimum absolute atomic E-state index is 0.208. The van der Waals surface area contributed by atoms with Gasteiger partial charge in [-0.15, -0.1) is 0 Å². The molecular weight excluding hydrogens is 598 g/mol. The lowest BCUT2D eigenvalue weighted by Crippen LogP contribution is -2.35. The number of fused-ring (bicyclic) bond motifs is 2. The van der Waals surface area contributed by atoms with Crippen LogP contribution in [0.3, 0.4) is 0 Å². The zero-order valence-corrected chi connectivity index (χ0v) is 28.9. The van der Waals surface area contributed by atoms with Crippen molar-refractivity contribution in [2.75, 3.05) is 46.1 Å². The Labute approximate surface area is 282 Å². The Hall–Kier alpha value is -2.68. The minimum atomic E-state index is -0.365. The Morgan fingerprint density at radius 3 is 1.60 bits per heavy atom. The summed E-state index contributed by atoms with van der Waals surface area (Å²) in [5.74, 6) is 2.50. The van der Waals surface area contributed by atoms with Gasteiger partial charge in [0.2, 0.25) is 0 Å². The van der Waals surface area contributed by atoms with Gasteiger partial charge >= 0.3 is 23.9 Å². The van der Waals surface area contributed by atoms with Crippen molar-refractivity contribution in [3.8, 4) is 0 Å². The van der Waals surface area contributed by atoms with Crippen molar-refractivity contribution in [1.82, 2.24) is 4.90 Å². The summed E-state index contributed by atoms with van der Waals surface area (Å²) in [6.45, 7) is 15.2. The normalized spacial score (nSPS) is 30.4. The van der Waals surface area contributed by atoms with Crippen molar-refractivity contribution in [3.05, 3.63) is 25.3 Å². The molecule has 0 aromatic rings. The summed E-state index contributed by atoms with van der Waals surface area (Å²) in [5, 5.41) is 0. The summed E-state index contributed by atoms with van der Waals surface area (Å²) in [7, 11) is 0. The van der Waals surface area contributed by atoms with E-state index in [1.165, 1.54) is 12.2 Å². The van der Waals surface area contributed by atoms with Gasteiger partial charge in [-0.05, 0) is 131 Å². The van der Waals surface area contributed by atoms with Crippen LogP contribution in [0.2, 0.25) is 0 Å².